The van der Waals surface area contributed by atoms with Gasteiger partial charge in [0.15, 0.2) is 0 Å². The molecule has 1 saturated heterocycles. The van der Waals surface area contributed by atoms with E-state index in [1.165, 1.54) is 0 Å². The first-order chi connectivity index (χ1) is 16.4. The van der Waals surface area contributed by atoms with Crippen molar-refractivity contribution in [3.05, 3.63) is 65.2 Å². The number of methoxy groups -OCH3 is 1. The molecule has 7 nitrogen and oxygen atoms in total. The second-order valence-corrected chi connectivity index (χ2v) is 8.69. The molecule has 0 aromatic heterocycles. The van der Waals surface area contributed by atoms with Crippen molar-refractivity contribution in [2.24, 2.45) is 5.92 Å². The van der Waals surface area contributed by atoms with Gasteiger partial charge in [-0.2, -0.15) is 0 Å². The summed E-state index contributed by atoms with van der Waals surface area (Å²) in [5, 5.41) is 3.02. The first kappa shape index (κ1) is 25.3. The number of benzene rings is 2. The average Bonchev–Trinajstić information content (AvgIpc) is 2.87. The molecule has 1 N–H and O–H groups in total. The summed E-state index contributed by atoms with van der Waals surface area (Å²) >= 11 is 0. The zero-order valence-electron chi connectivity index (χ0n) is 20.5. The van der Waals surface area contributed by atoms with Crippen LogP contribution >= 0.6 is 0 Å². The average molecular weight is 466 g/mol. The lowest BCUT2D eigenvalue weighted by Crippen LogP contribution is -2.54. The summed E-state index contributed by atoms with van der Waals surface area (Å²) in [4.78, 5) is 42.9. The molecule has 0 bridgehead atoms. The van der Waals surface area contributed by atoms with Gasteiger partial charge in [0.1, 0.15) is 11.8 Å². The van der Waals surface area contributed by atoms with Crippen molar-refractivity contribution < 1.29 is 19.1 Å². The minimum Gasteiger partial charge on any atom is -0.497 e. The Hall–Kier alpha value is -3.35. The van der Waals surface area contributed by atoms with E-state index in [-0.39, 0.29) is 23.6 Å². The minimum absolute atomic E-state index is 0.0452. The third-order valence-corrected chi connectivity index (χ3v) is 6.52. The van der Waals surface area contributed by atoms with Crippen molar-refractivity contribution in [1.29, 1.82) is 0 Å². The van der Waals surface area contributed by atoms with Gasteiger partial charge in [0.05, 0.1) is 7.11 Å². The van der Waals surface area contributed by atoms with Crippen LogP contribution in [-0.2, 0) is 4.79 Å². The van der Waals surface area contributed by atoms with Gasteiger partial charge in [0.2, 0.25) is 5.91 Å². The van der Waals surface area contributed by atoms with E-state index in [0.717, 1.165) is 5.56 Å². The molecule has 3 amide bonds. The maximum atomic E-state index is 13.4. The van der Waals surface area contributed by atoms with Gasteiger partial charge in [0.25, 0.3) is 11.8 Å². The molecule has 2 aromatic carbocycles. The fourth-order valence-corrected chi connectivity index (χ4v) is 4.50. The number of rotatable bonds is 8. The van der Waals surface area contributed by atoms with Gasteiger partial charge in [-0.25, -0.2) is 0 Å². The van der Waals surface area contributed by atoms with Crippen molar-refractivity contribution in [2.75, 3.05) is 33.3 Å². The molecule has 0 spiro atoms. The lowest BCUT2D eigenvalue weighted by molar-refractivity contribution is -0.134. The van der Waals surface area contributed by atoms with Crippen LogP contribution in [0.4, 0.5) is 0 Å². The Bertz CT molecular complexity index is 1010. The Morgan fingerprint density at radius 3 is 2.29 bits per heavy atom. The van der Waals surface area contributed by atoms with Crippen molar-refractivity contribution in [3.63, 3.8) is 0 Å². The van der Waals surface area contributed by atoms with Crippen LogP contribution in [0, 0.1) is 12.8 Å². The number of hydrogen-bond acceptors (Lipinski definition) is 4. The van der Waals surface area contributed by atoms with Crippen LogP contribution in [0.15, 0.2) is 48.5 Å². The molecule has 1 aliphatic heterocycles. The van der Waals surface area contributed by atoms with Gasteiger partial charge >= 0.3 is 0 Å². The number of ether oxygens (including phenoxy) is 1. The summed E-state index contributed by atoms with van der Waals surface area (Å²) in [6.45, 7) is 8.04. The summed E-state index contributed by atoms with van der Waals surface area (Å²) in [6.07, 6.45) is 1.28. The van der Waals surface area contributed by atoms with E-state index in [9.17, 15) is 14.4 Å². The Balaban J connectivity index is 1.73. The molecular formula is C27H35N3O4. The predicted molar refractivity (Wildman–Crippen MR) is 132 cm³/mol. The highest BCUT2D eigenvalue weighted by Gasteiger charge is 2.35. The molecule has 3 rings (SSSR count). The number of likely N-dealkylation sites (tertiary alicyclic amines) is 1. The SMILES string of the molecule is CCN(CC)C(=O)[C@H](NC(=O)c1cccc(C)c1)C1CCN(C(=O)c2cccc(OC)c2)CC1. The molecule has 1 heterocycles. The van der Waals surface area contributed by atoms with Crippen LogP contribution in [0.3, 0.4) is 0 Å². The molecule has 0 saturated carbocycles. The summed E-state index contributed by atoms with van der Waals surface area (Å²) < 4.78 is 5.24. The Morgan fingerprint density at radius 2 is 1.68 bits per heavy atom. The van der Waals surface area contributed by atoms with Gasteiger partial charge in [-0.1, -0.05) is 23.8 Å². The molecule has 182 valence electrons. The predicted octanol–water partition coefficient (Wildman–Crippen LogP) is 3.52. The van der Waals surface area contributed by atoms with Crippen molar-refractivity contribution in [3.8, 4) is 5.75 Å². The number of hydrogen-bond donors (Lipinski definition) is 1. The number of piperidine rings is 1. The first-order valence-electron chi connectivity index (χ1n) is 12.0. The monoisotopic (exact) mass is 465 g/mol. The van der Waals surface area contributed by atoms with Crippen molar-refractivity contribution in [1.82, 2.24) is 15.1 Å². The molecule has 0 unspecified atom stereocenters. The number of likely N-dealkylation sites (N-methyl/N-ethyl adjacent to an activating group) is 1. The summed E-state index contributed by atoms with van der Waals surface area (Å²) in [5.74, 6) is 0.237. The van der Waals surface area contributed by atoms with Crippen LogP contribution in [0.1, 0.15) is 53.0 Å². The van der Waals surface area contributed by atoms with E-state index in [4.69, 9.17) is 4.74 Å². The van der Waals surface area contributed by atoms with E-state index >= 15 is 0 Å². The zero-order chi connectivity index (χ0) is 24.7. The second kappa shape index (κ2) is 11.7. The lowest BCUT2D eigenvalue weighted by atomic mass is 9.87. The van der Waals surface area contributed by atoms with Gasteiger partial charge in [-0.15, -0.1) is 0 Å². The smallest absolute Gasteiger partial charge is 0.253 e. The number of nitrogens with zero attached hydrogens (tertiary/aromatic N) is 2. The molecule has 1 aliphatic rings. The number of carbonyl (C=O) groups excluding carboxylic acids is 3. The summed E-state index contributed by atoms with van der Waals surface area (Å²) in [6, 6.07) is 13.9. The Kier molecular flexibility index (Phi) is 8.68. The summed E-state index contributed by atoms with van der Waals surface area (Å²) in [5.41, 5.74) is 2.12. The maximum absolute atomic E-state index is 13.4. The highest BCUT2D eigenvalue weighted by atomic mass is 16.5. The zero-order valence-corrected chi connectivity index (χ0v) is 20.5. The standard InChI is InChI=1S/C27H35N3O4/c1-5-29(6-2)27(33)24(28-25(31)21-10-7-9-19(3)17-21)20-13-15-30(16-14-20)26(32)22-11-8-12-23(18-22)34-4/h7-12,17-18,20,24H,5-6,13-16H2,1-4H3,(H,28,31)/t24-/m1/s1. The second-order valence-electron chi connectivity index (χ2n) is 8.69. The highest BCUT2D eigenvalue weighted by Crippen LogP contribution is 2.25. The van der Waals surface area contributed by atoms with Crippen LogP contribution in [0.5, 0.6) is 5.75 Å². The number of amides is 3. The van der Waals surface area contributed by atoms with E-state index in [1.54, 1.807) is 36.3 Å². The van der Waals surface area contributed by atoms with E-state index in [2.05, 4.69) is 5.32 Å². The van der Waals surface area contributed by atoms with Crippen molar-refractivity contribution >= 4 is 17.7 Å². The number of carbonyl (C=O) groups is 3. The third-order valence-electron chi connectivity index (χ3n) is 6.52. The molecule has 0 aliphatic carbocycles. The van der Waals surface area contributed by atoms with Crippen LogP contribution in [-0.4, -0.2) is 66.9 Å². The molecule has 1 atom stereocenters. The first-order valence-corrected chi connectivity index (χ1v) is 12.0. The molecule has 34 heavy (non-hydrogen) atoms. The van der Waals surface area contributed by atoms with E-state index in [0.29, 0.717) is 55.9 Å². The normalized spacial score (nSPS) is 14.9. The molecule has 2 aromatic rings. The van der Waals surface area contributed by atoms with Gasteiger partial charge in [0, 0.05) is 37.3 Å². The number of nitrogens with one attached hydrogen (secondary N) is 1. The third kappa shape index (κ3) is 5.95. The van der Waals surface area contributed by atoms with E-state index in [1.807, 2.05) is 49.9 Å². The van der Waals surface area contributed by atoms with Crippen LogP contribution in [0.25, 0.3) is 0 Å². The van der Waals surface area contributed by atoms with Crippen LogP contribution < -0.4 is 10.1 Å². The molecule has 0 radical (unpaired) electrons. The summed E-state index contributed by atoms with van der Waals surface area (Å²) in [7, 11) is 1.58. The van der Waals surface area contributed by atoms with Gasteiger partial charge < -0.3 is 19.9 Å². The lowest BCUT2D eigenvalue weighted by Gasteiger charge is -2.37. The van der Waals surface area contributed by atoms with E-state index < -0.39 is 6.04 Å². The van der Waals surface area contributed by atoms with Gasteiger partial charge in [-0.3, -0.25) is 14.4 Å². The number of aryl methyl sites for hydroxylation is 1. The minimum atomic E-state index is -0.623. The fourth-order valence-electron chi connectivity index (χ4n) is 4.50. The van der Waals surface area contributed by atoms with Crippen molar-refractivity contribution in [2.45, 2.75) is 39.7 Å². The quantitative estimate of drug-likeness (QED) is 0.647. The van der Waals surface area contributed by atoms with Gasteiger partial charge in [-0.05, 0) is 69.9 Å². The molecule has 1 fully saturated rings. The maximum Gasteiger partial charge on any atom is 0.253 e. The largest absolute Gasteiger partial charge is 0.497 e. The Morgan fingerprint density at radius 1 is 1.03 bits per heavy atom. The topological polar surface area (TPSA) is 79.0 Å². The Labute approximate surface area is 202 Å². The molecular weight excluding hydrogens is 430 g/mol. The van der Waals surface area contributed by atoms with Crippen LogP contribution in [0.2, 0.25) is 0 Å². The fraction of sp³-hybridized carbons (Fsp3) is 0.444. The molecule has 7 heteroatoms. The highest BCUT2D eigenvalue weighted by molar-refractivity contribution is 5.98.